The van der Waals surface area contributed by atoms with Gasteiger partial charge in [0.15, 0.2) is 0 Å². The molecule has 3 aliphatic heterocycles. The summed E-state index contributed by atoms with van der Waals surface area (Å²) in [6.45, 7) is 8.88. The molecule has 0 aromatic heterocycles. The molecule has 5 rings (SSSR count). The molecule has 1 spiro atoms. The first-order valence-electron chi connectivity index (χ1n) is 13.6. The lowest BCUT2D eigenvalue weighted by molar-refractivity contribution is -0.136. The fourth-order valence-electron chi connectivity index (χ4n) is 6.46. The summed E-state index contributed by atoms with van der Waals surface area (Å²) < 4.78 is 5.27. The van der Waals surface area contributed by atoms with E-state index in [1.54, 1.807) is 7.11 Å². The Balaban J connectivity index is 1.32. The van der Waals surface area contributed by atoms with Gasteiger partial charge in [-0.15, -0.1) is 0 Å². The highest BCUT2D eigenvalue weighted by atomic mass is 16.5. The normalized spacial score (nSPS) is 21.8. The number of fused-ring (bicyclic) bond motifs is 1. The van der Waals surface area contributed by atoms with Crippen LogP contribution >= 0.6 is 0 Å². The Morgan fingerprint density at radius 1 is 0.972 bits per heavy atom. The van der Waals surface area contributed by atoms with Crippen molar-refractivity contribution in [2.45, 2.75) is 57.2 Å². The van der Waals surface area contributed by atoms with Gasteiger partial charge in [-0.3, -0.25) is 9.69 Å². The molecule has 3 heterocycles. The highest BCUT2D eigenvalue weighted by Crippen LogP contribution is 2.39. The maximum Gasteiger partial charge on any atom is 0.327 e. The maximum absolute atomic E-state index is 14.0. The van der Waals surface area contributed by atoms with E-state index in [9.17, 15) is 9.59 Å². The standard InChI is InChI=1S/C29H40N4O3/c1-3-30-16-11-26(12-17-30)31-18-13-29(14-19-31)27(34)32(28(35)33(29)15-6-20-36-2)22-23-9-10-24-7-4-5-8-25(24)21-23/h4-5,7-10,21,26H,3,6,11-20,22H2,1-2H3. The SMILES string of the molecule is CCN1CCC(N2CCC3(CC2)C(=O)N(Cc2ccc4ccccc4c2)C(=O)N3CCCOC)CC1. The van der Waals surface area contributed by atoms with Gasteiger partial charge < -0.3 is 19.4 Å². The topological polar surface area (TPSA) is 56.3 Å². The Morgan fingerprint density at radius 3 is 2.39 bits per heavy atom. The third-order valence-electron chi connectivity index (χ3n) is 8.65. The Morgan fingerprint density at radius 2 is 1.69 bits per heavy atom. The monoisotopic (exact) mass is 492 g/mol. The van der Waals surface area contributed by atoms with Crippen LogP contribution in [0.4, 0.5) is 4.79 Å². The highest BCUT2D eigenvalue weighted by Gasteiger charge is 2.57. The van der Waals surface area contributed by atoms with Crippen LogP contribution in [0.3, 0.4) is 0 Å². The molecule has 0 N–H and O–H groups in total. The molecule has 2 aromatic carbocycles. The van der Waals surface area contributed by atoms with Gasteiger partial charge in [0.25, 0.3) is 5.91 Å². The van der Waals surface area contributed by atoms with Crippen molar-refractivity contribution < 1.29 is 14.3 Å². The summed E-state index contributed by atoms with van der Waals surface area (Å²) in [4.78, 5) is 36.1. The number of hydrogen-bond acceptors (Lipinski definition) is 5. The van der Waals surface area contributed by atoms with Gasteiger partial charge in [-0.2, -0.15) is 0 Å². The molecule has 7 heteroatoms. The van der Waals surface area contributed by atoms with E-state index in [0.717, 1.165) is 55.5 Å². The molecule has 0 bridgehead atoms. The summed E-state index contributed by atoms with van der Waals surface area (Å²) in [6.07, 6.45) is 4.55. The number of piperidine rings is 2. The minimum absolute atomic E-state index is 0.0153. The second-order valence-electron chi connectivity index (χ2n) is 10.6. The van der Waals surface area contributed by atoms with Gasteiger partial charge in [0.2, 0.25) is 0 Å². The van der Waals surface area contributed by atoms with Crippen molar-refractivity contribution in [1.82, 2.24) is 19.6 Å². The fourth-order valence-corrected chi connectivity index (χ4v) is 6.46. The number of carbonyl (C=O) groups excluding carboxylic acids is 2. The molecular formula is C29H40N4O3. The van der Waals surface area contributed by atoms with Crippen LogP contribution in [0.15, 0.2) is 42.5 Å². The van der Waals surface area contributed by atoms with E-state index in [0.29, 0.717) is 38.6 Å². The second kappa shape index (κ2) is 10.9. The molecule has 3 aliphatic rings. The van der Waals surface area contributed by atoms with E-state index < -0.39 is 5.54 Å². The first-order chi connectivity index (χ1) is 17.6. The predicted molar refractivity (Wildman–Crippen MR) is 142 cm³/mol. The number of benzene rings is 2. The lowest BCUT2D eigenvalue weighted by Crippen LogP contribution is -2.59. The summed E-state index contributed by atoms with van der Waals surface area (Å²) in [7, 11) is 1.68. The molecule has 3 saturated heterocycles. The van der Waals surface area contributed by atoms with Crippen LogP contribution in [0.5, 0.6) is 0 Å². The molecule has 0 radical (unpaired) electrons. The largest absolute Gasteiger partial charge is 0.385 e. The van der Waals surface area contributed by atoms with Gasteiger partial charge in [0, 0.05) is 39.4 Å². The summed E-state index contributed by atoms with van der Waals surface area (Å²) in [5, 5.41) is 2.29. The fraction of sp³-hybridized carbons (Fsp3) is 0.586. The lowest BCUT2D eigenvalue weighted by atomic mass is 9.84. The number of amides is 3. The number of nitrogens with zero attached hydrogens (tertiary/aromatic N) is 4. The van der Waals surface area contributed by atoms with Crippen molar-refractivity contribution in [1.29, 1.82) is 0 Å². The number of hydrogen-bond donors (Lipinski definition) is 0. The number of carbonyl (C=O) groups is 2. The van der Waals surface area contributed by atoms with Gasteiger partial charge in [-0.1, -0.05) is 43.3 Å². The lowest BCUT2D eigenvalue weighted by Gasteiger charge is -2.46. The van der Waals surface area contributed by atoms with Crippen LogP contribution in [0, 0.1) is 0 Å². The Hall–Kier alpha value is -2.48. The van der Waals surface area contributed by atoms with E-state index >= 15 is 0 Å². The summed E-state index contributed by atoms with van der Waals surface area (Å²) in [6, 6.07) is 14.9. The number of methoxy groups -OCH3 is 1. The van der Waals surface area contributed by atoms with Gasteiger partial charge >= 0.3 is 6.03 Å². The highest BCUT2D eigenvalue weighted by molar-refractivity contribution is 6.07. The van der Waals surface area contributed by atoms with Gasteiger partial charge in [0.05, 0.1) is 6.54 Å². The molecular weight excluding hydrogens is 452 g/mol. The van der Waals surface area contributed by atoms with Crippen LogP contribution in [0.25, 0.3) is 10.8 Å². The van der Waals surface area contributed by atoms with Crippen molar-refractivity contribution >= 4 is 22.7 Å². The van der Waals surface area contributed by atoms with E-state index in [2.05, 4.69) is 41.0 Å². The minimum atomic E-state index is -0.720. The van der Waals surface area contributed by atoms with Crippen molar-refractivity contribution in [2.75, 3.05) is 53.0 Å². The van der Waals surface area contributed by atoms with Crippen molar-refractivity contribution in [3.8, 4) is 0 Å². The quantitative estimate of drug-likeness (QED) is 0.413. The number of imide groups is 1. The molecule has 7 nitrogen and oxygen atoms in total. The van der Waals surface area contributed by atoms with E-state index in [1.165, 1.54) is 17.7 Å². The van der Waals surface area contributed by atoms with Crippen molar-refractivity contribution in [2.24, 2.45) is 0 Å². The second-order valence-corrected chi connectivity index (χ2v) is 10.6. The zero-order chi connectivity index (χ0) is 25.1. The zero-order valence-corrected chi connectivity index (χ0v) is 21.8. The summed E-state index contributed by atoms with van der Waals surface area (Å²) in [5.74, 6) is -0.0153. The molecule has 0 unspecified atom stereocenters. The van der Waals surface area contributed by atoms with Crippen LogP contribution in [-0.4, -0.2) is 96.1 Å². The van der Waals surface area contributed by atoms with Crippen LogP contribution in [-0.2, 0) is 16.1 Å². The molecule has 36 heavy (non-hydrogen) atoms. The summed E-state index contributed by atoms with van der Waals surface area (Å²) in [5.41, 5.74) is 0.270. The predicted octanol–water partition coefficient (Wildman–Crippen LogP) is 3.96. The van der Waals surface area contributed by atoms with Crippen LogP contribution < -0.4 is 0 Å². The maximum atomic E-state index is 14.0. The third kappa shape index (κ3) is 4.76. The number of urea groups is 1. The molecule has 0 saturated carbocycles. The Labute approximate surface area is 215 Å². The third-order valence-corrected chi connectivity index (χ3v) is 8.65. The molecule has 3 fully saturated rings. The van der Waals surface area contributed by atoms with E-state index in [4.69, 9.17) is 4.74 Å². The van der Waals surface area contributed by atoms with Gasteiger partial charge in [-0.05, 0) is 74.1 Å². The number of likely N-dealkylation sites (tertiary alicyclic amines) is 2. The van der Waals surface area contributed by atoms with E-state index in [1.807, 2.05) is 23.1 Å². The smallest absolute Gasteiger partial charge is 0.327 e. The average Bonchev–Trinajstić information content (AvgIpc) is 3.10. The summed E-state index contributed by atoms with van der Waals surface area (Å²) >= 11 is 0. The zero-order valence-electron chi connectivity index (χ0n) is 21.8. The minimum Gasteiger partial charge on any atom is -0.385 e. The molecule has 3 amide bonds. The first-order valence-corrected chi connectivity index (χ1v) is 13.6. The first kappa shape index (κ1) is 25.2. The number of ether oxygens (including phenoxy) is 1. The Kier molecular flexibility index (Phi) is 7.60. The van der Waals surface area contributed by atoms with Crippen LogP contribution in [0.2, 0.25) is 0 Å². The molecule has 194 valence electrons. The molecule has 0 atom stereocenters. The van der Waals surface area contributed by atoms with Crippen molar-refractivity contribution in [3.63, 3.8) is 0 Å². The molecule has 2 aromatic rings. The number of rotatable bonds is 8. The van der Waals surface area contributed by atoms with Crippen LogP contribution in [0.1, 0.15) is 44.6 Å². The van der Waals surface area contributed by atoms with Gasteiger partial charge in [0.1, 0.15) is 5.54 Å². The van der Waals surface area contributed by atoms with Gasteiger partial charge in [-0.25, -0.2) is 4.79 Å². The van der Waals surface area contributed by atoms with E-state index in [-0.39, 0.29) is 11.9 Å². The Bertz CT molecular complexity index is 1070. The molecule has 0 aliphatic carbocycles. The average molecular weight is 493 g/mol. The van der Waals surface area contributed by atoms with Crippen molar-refractivity contribution in [3.05, 3.63) is 48.0 Å².